The van der Waals surface area contributed by atoms with Gasteiger partial charge in [0.05, 0.1) is 20.0 Å². The number of methoxy groups -OCH3 is 2. The molecule has 1 aliphatic heterocycles. The second-order valence-corrected chi connectivity index (χ2v) is 5.94. The molecule has 6 nitrogen and oxygen atoms in total. The zero-order chi connectivity index (χ0) is 16.3. The summed E-state index contributed by atoms with van der Waals surface area (Å²) >= 11 is 1.50. The van der Waals surface area contributed by atoms with E-state index in [1.165, 1.54) is 11.8 Å². The Morgan fingerprint density at radius 1 is 1.36 bits per heavy atom. The second-order valence-electron chi connectivity index (χ2n) is 4.87. The molecule has 0 saturated carbocycles. The van der Waals surface area contributed by atoms with Crippen LogP contribution in [-0.2, 0) is 9.59 Å². The lowest BCUT2D eigenvalue weighted by Crippen LogP contribution is -2.45. The average molecular weight is 324 g/mol. The van der Waals surface area contributed by atoms with Gasteiger partial charge in [-0.3, -0.25) is 9.59 Å². The third-order valence-corrected chi connectivity index (χ3v) is 4.87. The summed E-state index contributed by atoms with van der Waals surface area (Å²) in [5.74, 6) is 1.38. The number of amides is 2. The summed E-state index contributed by atoms with van der Waals surface area (Å²) in [5, 5.41) is 2.38. The molecule has 2 amide bonds. The summed E-state index contributed by atoms with van der Waals surface area (Å²) in [6.45, 7) is 1.73. The van der Waals surface area contributed by atoms with Crippen molar-refractivity contribution >= 4 is 23.6 Å². The van der Waals surface area contributed by atoms with Gasteiger partial charge < -0.3 is 19.7 Å². The molecule has 0 radical (unpaired) electrons. The summed E-state index contributed by atoms with van der Waals surface area (Å²) in [6, 6.07) is 5.02. The zero-order valence-corrected chi connectivity index (χ0v) is 13.9. The summed E-state index contributed by atoms with van der Waals surface area (Å²) < 4.78 is 10.5. The number of nitrogens with one attached hydrogen (secondary N) is 1. The van der Waals surface area contributed by atoms with Gasteiger partial charge in [-0.05, 0) is 24.6 Å². The number of benzene rings is 1. The van der Waals surface area contributed by atoms with Crippen LogP contribution in [0.15, 0.2) is 18.2 Å². The number of nitrogens with zero attached hydrogens (tertiary/aromatic N) is 1. The van der Waals surface area contributed by atoms with Gasteiger partial charge in [0.15, 0.2) is 11.5 Å². The summed E-state index contributed by atoms with van der Waals surface area (Å²) in [4.78, 5) is 25.7. The predicted molar refractivity (Wildman–Crippen MR) is 85.1 cm³/mol. The first kappa shape index (κ1) is 16.5. The van der Waals surface area contributed by atoms with Gasteiger partial charge in [0.2, 0.25) is 11.8 Å². The van der Waals surface area contributed by atoms with Gasteiger partial charge in [-0.1, -0.05) is 6.07 Å². The van der Waals surface area contributed by atoms with E-state index >= 15 is 0 Å². The number of carbonyl (C=O) groups is 2. The van der Waals surface area contributed by atoms with Crippen LogP contribution in [-0.4, -0.2) is 49.8 Å². The standard InChI is InChI=1S/C15H20N2O4S/c1-9(14(19)16-2)17-13(18)8-22-15(17)10-5-6-11(20-3)12(7-10)21-4/h5-7,9,15H,8H2,1-4H3,(H,16,19)/t9-,15-/m0/s1. The second kappa shape index (κ2) is 6.91. The molecule has 22 heavy (non-hydrogen) atoms. The van der Waals surface area contributed by atoms with Crippen LogP contribution in [0.25, 0.3) is 0 Å². The number of hydrogen-bond donors (Lipinski definition) is 1. The van der Waals surface area contributed by atoms with Crippen molar-refractivity contribution in [3.8, 4) is 11.5 Å². The van der Waals surface area contributed by atoms with Crippen LogP contribution in [0.2, 0.25) is 0 Å². The van der Waals surface area contributed by atoms with Crippen molar-refractivity contribution in [2.24, 2.45) is 0 Å². The molecule has 1 heterocycles. The highest BCUT2D eigenvalue weighted by molar-refractivity contribution is 8.00. The van der Waals surface area contributed by atoms with Gasteiger partial charge in [0.1, 0.15) is 11.4 Å². The number of rotatable bonds is 5. The molecule has 2 atom stereocenters. The van der Waals surface area contributed by atoms with E-state index < -0.39 is 6.04 Å². The Hall–Kier alpha value is -1.89. The van der Waals surface area contributed by atoms with Crippen LogP contribution in [0.4, 0.5) is 0 Å². The minimum atomic E-state index is -0.523. The monoisotopic (exact) mass is 324 g/mol. The Kier molecular flexibility index (Phi) is 5.18. The molecule has 0 aromatic heterocycles. The Balaban J connectivity index is 2.34. The third-order valence-electron chi connectivity index (χ3n) is 3.64. The first-order valence-corrected chi connectivity index (χ1v) is 7.94. The third kappa shape index (κ3) is 2.99. The molecular weight excluding hydrogens is 304 g/mol. The maximum absolute atomic E-state index is 12.2. The molecular formula is C15H20N2O4S. The number of hydrogen-bond acceptors (Lipinski definition) is 5. The fraction of sp³-hybridized carbons (Fsp3) is 0.467. The molecule has 0 spiro atoms. The van der Waals surface area contributed by atoms with Gasteiger partial charge in [-0.25, -0.2) is 0 Å². The van der Waals surface area contributed by atoms with Crippen molar-refractivity contribution in [1.82, 2.24) is 10.2 Å². The summed E-state index contributed by atoms with van der Waals surface area (Å²) in [7, 11) is 4.71. The number of thioether (sulfide) groups is 1. The fourth-order valence-corrected chi connectivity index (χ4v) is 3.70. The van der Waals surface area contributed by atoms with Gasteiger partial charge in [-0.15, -0.1) is 11.8 Å². The van der Waals surface area contributed by atoms with Crippen molar-refractivity contribution in [2.45, 2.75) is 18.3 Å². The van der Waals surface area contributed by atoms with Crippen LogP contribution in [0.1, 0.15) is 17.9 Å². The van der Waals surface area contributed by atoms with Crippen molar-refractivity contribution in [1.29, 1.82) is 0 Å². The van der Waals surface area contributed by atoms with Crippen LogP contribution in [0, 0.1) is 0 Å². The number of likely N-dealkylation sites (N-methyl/N-ethyl adjacent to an activating group) is 1. The average Bonchev–Trinajstić information content (AvgIpc) is 2.94. The van der Waals surface area contributed by atoms with Crippen LogP contribution < -0.4 is 14.8 Å². The maximum atomic E-state index is 12.2. The summed E-state index contributed by atoms with van der Waals surface area (Å²) in [6.07, 6.45) is 0. The first-order valence-electron chi connectivity index (χ1n) is 6.89. The minimum absolute atomic E-state index is 0.0408. The van der Waals surface area contributed by atoms with Gasteiger partial charge >= 0.3 is 0 Å². The molecule has 1 saturated heterocycles. The molecule has 1 aromatic rings. The molecule has 7 heteroatoms. The van der Waals surface area contributed by atoms with Crippen LogP contribution in [0.3, 0.4) is 0 Å². The summed E-state index contributed by atoms with van der Waals surface area (Å²) in [5.41, 5.74) is 0.907. The molecule has 120 valence electrons. The van der Waals surface area contributed by atoms with Crippen LogP contribution in [0.5, 0.6) is 11.5 Å². The Labute approximate surface area is 134 Å². The van der Waals surface area contributed by atoms with Gasteiger partial charge in [-0.2, -0.15) is 0 Å². The van der Waals surface area contributed by atoms with E-state index in [1.54, 1.807) is 39.2 Å². The first-order chi connectivity index (χ1) is 10.5. The molecule has 1 fully saturated rings. The minimum Gasteiger partial charge on any atom is -0.493 e. The van der Waals surface area contributed by atoms with E-state index in [0.717, 1.165) is 5.56 Å². The fourth-order valence-electron chi connectivity index (χ4n) is 2.45. The van der Waals surface area contributed by atoms with E-state index in [-0.39, 0.29) is 17.2 Å². The lowest BCUT2D eigenvalue weighted by atomic mass is 10.1. The van der Waals surface area contributed by atoms with Gasteiger partial charge in [0.25, 0.3) is 0 Å². The van der Waals surface area contributed by atoms with E-state index in [2.05, 4.69) is 5.32 Å². The van der Waals surface area contributed by atoms with Crippen LogP contribution >= 0.6 is 11.8 Å². The lowest BCUT2D eigenvalue weighted by Gasteiger charge is -2.29. The van der Waals surface area contributed by atoms with E-state index in [0.29, 0.717) is 17.3 Å². The topological polar surface area (TPSA) is 67.9 Å². The number of carbonyl (C=O) groups excluding carboxylic acids is 2. The molecule has 1 N–H and O–H groups in total. The SMILES string of the molecule is CNC(=O)[C@H](C)N1C(=O)CS[C@H]1c1ccc(OC)c(OC)c1. The highest BCUT2D eigenvalue weighted by Gasteiger charge is 2.38. The van der Waals surface area contributed by atoms with Crippen molar-refractivity contribution in [3.05, 3.63) is 23.8 Å². The van der Waals surface area contributed by atoms with Crippen molar-refractivity contribution in [3.63, 3.8) is 0 Å². The molecule has 1 aromatic carbocycles. The highest BCUT2D eigenvalue weighted by Crippen LogP contribution is 2.42. The smallest absolute Gasteiger partial charge is 0.242 e. The Bertz CT molecular complexity index is 579. The number of ether oxygens (including phenoxy) is 2. The van der Waals surface area contributed by atoms with Crippen molar-refractivity contribution in [2.75, 3.05) is 27.0 Å². The largest absolute Gasteiger partial charge is 0.493 e. The molecule has 0 unspecified atom stereocenters. The molecule has 0 aliphatic carbocycles. The Morgan fingerprint density at radius 3 is 2.64 bits per heavy atom. The quantitative estimate of drug-likeness (QED) is 0.887. The lowest BCUT2D eigenvalue weighted by molar-refractivity contribution is -0.137. The normalized spacial score (nSPS) is 19.0. The highest BCUT2D eigenvalue weighted by atomic mass is 32.2. The molecule has 1 aliphatic rings. The Morgan fingerprint density at radius 2 is 2.05 bits per heavy atom. The van der Waals surface area contributed by atoms with Crippen molar-refractivity contribution < 1.29 is 19.1 Å². The molecule has 2 rings (SSSR count). The van der Waals surface area contributed by atoms with E-state index in [4.69, 9.17) is 9.47 Å². The van der Waals surface area contributed by atoms with E-state index in [1.807, 2.05) is 12.1 Å². The van der Waals surface area contributed by atoms with E-state index in [9.17, 15) is 9.59 Å². The zero-order valence-electron chi connectivity index (χ0n) is 13.1. The maximum Gasteiger partial charge on any atom is 0.242 e. The molecule has 0 bridgehead atoms. The van der Waals surface area contributed by atoms with Gasteiger partial charge in [0, 0.05) is 7.05 Å². The predicted octanol–water partition coefficient (Wildman–Crippen LogP) is 1.41.